The molecule has 3 heteroatoms. The average molecular weight is 132 g/mol. The molecule has 0 saturated carbocycles. The summed E-state index contributed by atoms with van der Waals surface area (Å²) in [6.07, 6.45) is 0. The predicted octanol–water partition coefficient (Wildman–Crippen LogP) is 0.196. The fourth-order valence-corrected chi connectivity index (χ4v) is 0.795. The Morgan fingerprint density at radius 1 is 1.10 bits per heavy atom. The first-order valence-electron chi connectivity index (χ1n) is 3.18. The van der Waals surface area contributed by atoms with Crippen molar-refractivity contribution < 1.29 is 0 Å². The standard InChI is InChI=1S/C7H9BN2/c1-4-5(2)9-6(3)10-7(4)8/h1-3H3. The van der Waals surface area contributed by atoms with E-state index in [4.69, 9.17) is 7.85 Å². The van der Waals surface area contributed by atoms with Crippen LogP contribution in [0.1, 0.15) is 17.1 Å². The molecule has 0 N–H and O–H groups in total. The summed E-state index contributed by atoms with van der Waals surface area (Å²) in [5.41, 5.74) is 2.53. The predicted molar refractivity (Wildman–Crippen MR) is 41.6 cm³/mol. The van der Waals surface area contributed by atoms with Crippen molar-refractivity contribution in [1.29, 1.82) is 0 Å². The van der Waals surface area contributed by atoms with Gasteiger partial charge in [0.05, 0.1) is 0 Å². The van der Waals surface area contributed by atoms with Gasteiger partial charge in [0.15, 0.2) is 0 Å². The topological polar surface area (TPSA) is 25.8 Å². The summed E-state index contributed by atoms with van der Waals surface area (Å²) in [6, 6.07) is 0. The van der Waals surface area contributed by atoms with Crippen molar-refractivity contribution in [1.82, 2.24) is 9.97 Å². The highest BCUT2D eigenvalue weighted by Crippen LogP contribution is 1.96. The highest BCUT2D eigenvalue weighted by molar-refractivity contribution is 6.31. The zero-order chi connectivity index (χ0) is 7.72. The molecule has 0 aliphatic rings. The highest BCUT2D eigenvalue weighted by atomic mass is 14.9. The third-order valence-corrected chi connectivity index (χ3v) is 1.54. The molecule has 0 unspecified atom stereocenters. The number of hydrogen-bond acceptors (Lipinski definition) is 2. The van der Waals surface area contributed by atoms with Gasteiger partial charge in [-0.3, -0.25) is 0 Å². The first kappa shape index (κ1) is 7.25. The fraction of sp³-hybridized carbons (Fsp3) is 0.429. The molecular formula is C7H9BN2. The minimum absolute atomic E-state index is 0.588. The molecular weight excluding hydrogens is 123 g/mol. The van der Waals surface area contributed by atoms with Crippen LogP contribution in [0.4, 0.5) is 0 Å². The summed E-state index contributed by atoms with van der Waals surface area (Å²) in [5, 5.41) is 0. The van der Waals surface area contributed by atoms with Crippen molar-refractivity contribution in [3.63, 3.8) is 0 Å². The fourth-order valence-electron chi connectivity index (χ4n) is 0.795. The van der Waals surface area contributed by atoms with E-state index < -0.39 is 0 Å². The van der Waals surface area contributed by atoms with E-state index in [1.54, 1.807) is 0 Å². The molecule has 1 heterocycles. The van der Waals surface area contributed by atoms with Gasteiger partial charge in [-0.05, 0) is 31.9 Å². The lowest BCUT2D eigenvalue weighted by Crippen LogP contribution is -2.16. The van der Waals surface area contributed by atoms with E-state index in [1.807, 2.05) is 20.8 Å². The van der Waals surface area contributed by atoms with Crippen LogP contribution in [0.2, 0.25) is 0 Å². The molecule has 0 aliphatic heterocycles. The number of rotatable bonds is 0. The Morgan fingerprint density at radius 3 is 2.20 bits per heavy atom. The maximum Gasteiger partial charge on any atom is 0.142 e. The Bertz CT molecular complexity index is 235. The van der Waals surface area contributed by atoms with Crippen molar-refractivity contribution in [3.8, 4) is 0 Å². The third kappa shape index (κ3) is 1.18. The summed E-state index contributed by atoms with van der Waals surface area (Å²) >= 11 is 0. The second-order valence-electron chi connectivity index (χ2n) is 2.37. The smallest absolute Gasteiger partial charge is 0.142 e. The highest BCUT2D eigenvalue weighted by Gasteiger charge is 1.98. The van der Waals surface area contributed by atoms with Crippen LogP contribution < -0.4 is 5.59 Å². The van der Waals surface area contributed by atoms with Crippen LogP contribution in [-0.2, 0) is 0 Å². The maximum absolute atomic E-state index is 5.57. The molecule has 2 radical (unpaired) electrons. The van der Waals surface area contributed by atoms with Crippen molar-refractivity contribution >= 4 is 13.4 Å². The summed E-state index contributed by atoms with van der Waals surface area (Å²) in [7, 11) is 5.57. The van der Waals surface area contributed by atoms with Crippen LogP contribution in [-0.4, -0.2) is 17.8 Å². The van der Waals surface area contributed by atoms with Gasteiger partial charge in [0.1, 0.15) is 13.7 Å². The summed E-state index contributed by atoms with van der Waals surface area (Å²) in [6.45, 7) is 5.69. The second kappa shape index (κ2) is 2.41. The first-order chi connectivity index (χ1) is 4.61. The van der Waals surface area contributed by atoms with E-state index in [0.29, 0.717) is 5.59 Å². The van der Waals surface area contributed by atoms with E-state index in [1.165, 1.54) is 0 Å². The number of hydrogen-bond donors (Lipinski definition) is 0. The lowest BCUT2D eigenvalue weighted by molar-refractivity contribution is 1.01. The first-order valence-corrected chi connectivity index (χ1v) is 3.18. The monoisotopic (exact) mass is 132 g/mol. The van der Waals surface area contributed by atoms with Crippen molar-refractivity contribution in [2.75, 3.05) is 0 Å². The maximum atomic E-state index is 5.57. The molecule has 1 rings (SSSR count). The molecule has 0 fully saturated rings. The summed E-state index contributed by atoms with van der Waals surface area (Å²) < 4.78 is 0. The molecule has 0 amide bonds. The van der Waals surface area contributed by atoms with Crippen molar-refractivity contribution in [2.24, 2.45) is 0 Å². The molecule has 0 bridgehead atoms. The van der Waals surface area contributed by atoms with Gasteiger partial charge in [0, 0.05) is 5.69 Å². The van der Waals surface area contributed by atoms with Crippen LogP contribution >= 0.6 is 0 Å². The van der Waals surface area contributed by atoms with Crippen molar-refractivity contribution in [3.05, 3.63) is 17.1 Å². The lowest BCUT2D eigenvalue weighted by atomic mass is 9.98. The second-order valence-corrected chi connectivity index (χ2v) is 2.37. The Kier molecular flexibility index (Phi) is 1.75. The minimum Gasteiger partial charge on any atom is -0.250 e. The SMILES string of the molecule is [B]c1nc(C)nc(C)c1C. The summed E-state index contributed by atoms with van der Waals surface area (Å²) in [5.74, 6) is 0.737. The van der Waals surface area contributed by atoms with Gasteiger partial charge in [-0.1, -0.05) is 0 Å². The van der Waals surface area contributed by atoms with E-state index >= 15 is 0 Å². The summed E-state index contributed by atoms with van der Waals surface area (Å²) in [4.78, 5) is 8.14. The molecule has 1 aromatic heterocycles. The molecule has 0 saturated heterocycles. The van der Waals surface area contributed by atoms with E-state index in [9.17, 15) is 0 Å². The molecule has 0 aromatic carbocycles. The van der Waals surface area contributed by atoms with Gasteiger partial charge in [0.25, 0.3) is 0 Å². The number of aromatic nitrogens is 2. The number of nitrogens with zero attached hydrogens (tertiary/aromatic N) is 2. The van der Waals surface area contributed by atoms with Crippen molar-refractivity contribution in [2.45, 2.75) is 20.8 Å². The molecule has 1 aromatic rings. The molecule has 50 valence electrons. The normalized spacial score (nSPS) is 9.90. The average Bonchev–Trinajstić information content (AvgIpc) is 1.82. The van der Waals surface area contributed by atoms with Gasteiger partial charge in [-0.25, -0.2) is 9.97 Å². The quantitative estimate of drug-likeness (QED) is 0.471. The Morgan fingerprint density at radius 2 is 1.70 bits per heavy atom. The van der Waals surface area contributed by atoms with E-state index in [2.05, 4.69) is 9.97 Å². The molecule has 0 aliphatic carbocycles. The minimum atomic E-state index is 0.588. The molecule has 0 atom stereocenters. The van der Waals surface area contributed by atoms with Crippen LogP contribution in [0.5, 0.6) is 0 Å². The van der Waals surface area contributed by atoms with Crippen LogP contribution in [0, 0.1) is 20.8 Å². The zero-order valence-electron chi connectivity index (χ0n) is 6.47. The van der Waals surface area contributed by atoms with Gasteiger partial charge in [0.2, 0.25) is 0 Å². The third-order valence-electron chi connectivity index (χ3n) is 1.54. The van der Waals surface area contributed by atoms with Gasteiger partial charge >= 0.3 is 0 Å². The van der Waals surface area contributed by atoms with Crippen LogP contribution in [0.3, 0.4) is 0 Å². The van der Waals surface area contributed by atoms with E-state index in [-0.39, 0.29) is 0 Å². The van der Waals surface area contributed by atoms with Gasteiger partial charge in [-0.15, -0.1) is 0 Å². The van der Waals surface area contributed by atoms with E-state index in [0.717, 1.165) is 17.1 Å². The molecule has 0 spiro atoms. The Labute approximate surface area is 62.1 Å². The van der Waals surface area contributed by atoms with Crippen LogP contribution in [0.15, 0.2) is 0 Å². The van der Waals surface area contributed by atoms with Crippen LogP contribution in [0.25, 0.3) is 0 Å². The lowest BCUT2D eigenvalue weighted by Gasteiger charge is -2.03. The largest absolute Gasteiger partial charge is 0.250 e. The number of aryl methyl sites for hydroxylation is 2. The Balaban J connectivity index is 3.31. The molecule has 2 nitrogen and oxygen atoms in total. The Hall–Kier alpha value is -0.855. The van der Waals surface area contributed by atoms with Gasteiger partial charge < -0.3 is 0 Å². The zero-order valence-corrected chi connectivity index (χ0v) is 6.47. The molecule has 10 heavy (non-hydrogen) atoms. The van der Waals surface area contributed by atoms with Gasteiger partial charge in [-0.2, -0.15) is 0 Å².